The number of nitrogens with one attached hydrogen (secondary N) is 6. The lowest BCUT2D eigenvalue weighted by atomic mass is 10.0. The number of Topliss-reactive ketones (excluding diaryl/α,β-unsaturated/α-hetero) is 1. The van der Waals surface area contributed by atoms with Crippen LogP contribution in [0, 0.1) is 0 Å². The Balaban J connectivity index is 1.68. The van der Waals surface area contributed by atoms with Crippen LogP contribution in [0.4, 0.5) is 4.79 Å². The molecule has 15 heteroatoms. The smallest absolute Gasteiger partial charge is 0.330 e. The highest BCUT2D eigenvalue weighted by molar-refractivity contribution is 6.38. The van der Waals surface area contributed by atoms with E-state index in [1.165, 1.54) is 12.1 Å². The Labute approximate surface area is 277 Å². The number of carbonyl (C=O) groups excluding carboxylic acids is 6. The average molecular weight is 667 g/mol. The van der Waals surface area contributed by atoms with E-state index in [9.17, 15) is 38.7 Å². The highest BCUT2D eigenvalue weighted by atomic mass is 16.5. The molecule has 3 unspecified atom stereocenters. The lowest BCUT2D eigenvalue weighted by Crippen LogP contribution is -2.56. The van der Waals surface area contributed by atoms with Crippen molar-refractivity contribution >= 4 is 41.4 Å². The summed E-state index contributed by atoms with van der Waals surface area (Å²) < 4.78 is 5.82. The lowest BCUT2D eigenvalue weighted by molar-refractivity contribution is -0.142. The number of amides is 6. The average Bonchev–Trinajstić information content (AvgIpc) is 3.07. The third-order valence-corrected chi connectivity index (χ3v) is 7.30. The Kier molecular flexibility index (Phi) is 14.8. The number of fused-ring (bicyclic) bond motifs is 2. The van der Waals surface area contributed by atoms with E-state index in [4.69, 9.17) is 4.74 Å². The molecule has 7 N–H and O–H groups in total. The van der Waals surface area contributed by atoms with Gasteiger partial charge in [0.2, 0.25) is 23.5 Å². The molecule has 3 atom stereocenters. The van der Waals surface area contributed by atoms with Crippen LogP contribution >= 0.6 is 0 Å². The van der Waals surface area contributed by atoms with Gasteiger partial charge < -0.3 is 41.7 Å². The number of ether oxygens (including phenoxy) is 1. The first-order chi connectivity index (χ1) is 23.1. The van der Waals surface area contributed by atoms with Gasteiger partial charge in [0.1, 0.15) is 11.8 Å². The van der Waals surface area contributed by atoms with Crippen LogP contribution in [0.2, 0.25) is 0 Å². The Hall–Kier alpha value is -5.47. The standard InChI is InChI=1S/C33H42N6O9/c1-2-10-24(29(42)31(44)35-19-27(41)39-28(32(45)46)22-12-5-3-6-13-22)38-30(43)25-18-21-11-9-14-23(17-21)48-16-8-4-7-15-34-33(47)36-20-26(40)37-25/h3,5-6,9,11-14,17,24-25,28H,2,4,7-8,10,15-16,18-20H2,1H3,(H,35,44)(H,37,40)(H,38,43)(H,39,41)(H,45,46)(H2,34,36,47). The molecule has 1 aliphatic heterocycles. The normalized spacial score (nSPS) is 17.0. The molecular formula is C33H42N6O9. The van der Waals surface area contributed by atoms with E-state index >= 15 is 0 Å². The minimum absolute atomic E-state index is 0.00648. The van der Waals surface area contributed by atoms with Gasteiger partial charge in [-0.3, -0.25) is 24.0 Å². The molecule has 1 aliphatic rings. The third kappa shape index (κ3) is 12.4. The fourth-order valence-electron chi connectivity index (χ4n) is 4.85. The van der Waals surface area contributed by atoms with Gasteiger partial charge in [-0.1, -0.05) is 55.8 Å². The Morgan fingerprint density at radius 1 is 0.958 bits per heavy atom. The van der Waals surface area contributed by atoms with E-state index in [1.54, 1.807) is 49.4 Å². The summed E-state index contributed by atoms with van der Waals surface area (Å²) in [5.41, 5.74) is 0.969. The molecule has 1 heterocycles. The molecule has 15 nitrogen and oxygen atoms in total. The summed E-state index contributed by atoms with van der Waals surface area (Å²) in [6.07, 6.45) is 2.80. The van der Waals surface area contributed by atoms with Crippen LogP contribution < -0.4 is 36.6 Å². The van der Waals surface area contributed by atoms with Gasteiger partial charge >= 0.3 is 12.0 Å². The summed E-state index contributed by atoms with van der Waals surface area (Å²) in [6.45, 7) is 1.51. The number of urea groups is 1. The number of carbonyl (C=O) groups is 7. The first kappa shape index (κ1) is 37.0. The molecule has 0 aliphatic carbocycles. The van der Waals surface area contributed by atoms with Crippen LogP contribution in [-0.2, 0) is 35.2 Å². The summed E-state index contributed by atoms with van der Waals surface area (Å²) >= 11 is 0. The number of ketones is 1. The van der Waals surface area contributed by atoms with Crippen molar-refractivity contribution in [2.45, 2.75) is 63.6 Å². The van der Waals surface area contributed by atoms with E-state index in [0.717, 1.165) is 19.3 Å². The third-order valence-electron chi connectivity index (χ3n) is 7.30. The summed E-state index contributed by atoms with van der Waals surface area (Å²) in [7, 11) is 0. The first-order valence-electron chi connectivity index (χ1n) is 15.8. The number of benzene rings is 2. The number of aliphatic carboxylic acids is 1. The molecule has 0 aromatic heterocycles. The Morgan fingerprint density at radius 3 is 2.46 bits per heavy atom. The van der Waals surface area contributed by atoms with Gasteiger partial charge in [-0.15, -0.1) is 0 Å². The summed E-state index contributed by atoms with van der Waals surface area (Å²) in [5.74, 6) is -5.17. The van der Waals surface area contributed by atoms with Gasteiger partial charge in [0.15, 0.2) is 6.04 Å². The predicted octanol–water partition coefficient (Wildman–Crippen LogP) is 0.488. The van der Waals surface area contributed by atoms with Crippen molar-refractivity contribution in [2.75, 3.05) is 26.2 Å². The van der Waals surface area contributed by atoms with Gasteiger partial charge in [-0.25, -0.2) is 9.59 Å². The van der Waals surface area contributed by atoms with Crippen LogP contribution in [0.5, 0.6) is 5.75 Å². The maximum Gasteiger partial charge on any atom is 0.330 e. The quantitative estimate of drug-likeness (QED) is 0.166. The fourth-order valence-corrected chi connectivity index (χ4v) is 4.85. The zero-order valence-corrected chi connectivity index (χ0v) is 26.7. The minimum Gasteiger partial charge on any atom is -0.494 e. The van der Waals surface area contributed by atoms with E-state index in [1.807, 2.05) is 0 Å². The molecule has 3 rings (SSSR count). The van der Waals surface area contributed by atoms with Crippen LogP contribution in [0.25, 0.3) is 0 Å². The molecule has 2 aromatic rings. The van der Waals surface area contributed by atoms with Crippen molar-refractivity contribution in [1.29, 1.82) is 0 Å². The summed E-state index contributed by atoms with van der Waals surface area (Å²) in [6, 6.07) is 10.6. The largest absolute Gasteiger partial charge is 0.494 e. The summed E-state index contributed by atoms with van der Waals surface area (Å²) in [4.78, 5) is 88.4. The van der Waals surface area contributed by atoms with Gasteiger partial charge in [-0.2, -0.15) is 0 Å². The topological polar surface area (TPSA) is 221 Å². The highest BCUT2D eigenvalue weighted by Gasteiger charge is 2.31. The second-order valence-electron chi connectivity index (χ2n) is 11.1. The van der Waals surface area contributed by atoms with Crippen molar-refractivity contribution in [1.82, 2.24) is 31.9 Å². The fraction of sp³-hybridized carbons (Fsp3) is 0.424. The van der Waals surface area contributed by atoms with Gasteiger partial charge in [0, 0.05) is 13.0 Å². The summed E-state index contributed by atoms with van der Waals surface area (Å²) in [5, 5.41) is 24.3. The number of hydrogen-bond acceptors (Lipinski definition) is 8. The van der Waals surface area contributed by atoms with E-state index in [0.29, 0.717) is 36.4 Å². The monoisotopic (exact) mass is 666 g/mol. The van der Waals surface area contributed by atoms with Gasteiger partial charge in [-0.05, 0) is 48.9 Å². The highest BCUT2D eigenvalue weighted by Crippen LogP contribution is 2.16. The Morgan fingerprint density at radius 2 is 1.73 bits per heavy atom. The van der Waals surface area contributed by atoms with Crippen molar-refractivity contribution in [3.63, 3.8) is 0 Å². The van der Waals surface area contributed by atoms with Crippen molar-refractivity contribution in [2.24, 2.45) is 0 Å². The molecule has 258 valence electrons. The van der Waals surface area contributed by atoms with Crippen LogP contribution in [0.15, 0.2) is 54.6 Å². The zero-order chi connectivity index (χ0) is 34.9. The molecule has 0 saturated heterocycles. The van der Waals surface area contributed by atoms with Crippen LogP contribution in [-0.4, -0.2) is 84.8 Å². The van der Waals surface area contributed by atoms with Crippen LogP contribution in [0.1, 0.15) is 56.2 Å². The second-order valence-corrected chi connectivity index (χ2v) is 11.1. The van der Waals surface area contributed by atoms with Gasteiger partial charge in [0.05, 0.1) is 25.7 Å². The number of rotatable bonds is 11. The predicted molar refractivity (Wildman–Crippen MR) is 173 cm³/mol. The molecule has 6 amide bonds. The minimum atomic E-state index is -1.37. The SMILES string of the molecule is CCCC(NC(=O)C1Cc2cccc(c2)OCCCCCNC(=O)NCC(=O)N1)C(=O)C(=O)NCC(=O)NC(C(=O)O)c1ccccc1. The molecule has 0 saturated carbocycles. The molecule has 2 aromatic carbocycles. The molecule has 0 fully saturated rings. The molecule has 0 spiro atoms. The molecule has 2 bridgehead atoms. The Bertz CT molecular complexity index is 1450. The van der Waals surface area contributed by atoms with Crippen molar-refractivity contribution in [3.05, 3.63) is 65.7 Å². The lowest BCUT2D eigenvalue weighted by Gasteiger charge is -2.23. The van der Waals surface area contributed by atoms with Crippen molar-refractivity contribution < 1.29 is 43.4 Å². The van der Waals surface area contributed by atoms with E-state index in [-0.39, 0.29) is 12.8 Å². The van der Waals surface area contributed by atoms with E-state index in [2.05, 4.69) is 31.9 Å². The number of hydrogen-bond donors (Lipinski definition) is 7. The first-order valence-corrected chi connectivity index (χ1v) is 15.8. The maximum atomic E-state index is 13.5. The van der Waals surface area contributed by atoms with Crippen LogP contribution in [0.3, 0.4) is 0 Å². The number of carboxylic acids is 1. The van der Waals surface area contributed by atoms with Gasteiger partial charge in [0.25, 0.3) is 5.91 Å². The molecule has 48 heavy (non-hydrogen) atoms. The van der Waals surface area contributed by atoms with E-state index < -0.39 is 72.6 Å². The maximum absolute atomic E-state index is 13.5. The molecule has 0 radical (unpaired) electrons. The number of carboxylic acid groups (broad SMARTS) is 1. The second kappa shape index (κ2) is 19.3. The zero-order valence-electron chi connectivity index (χ0n) is 26.7. The molecular weight excluding hydrogens is 624 g/mol. The van der Waals surface area contributed by atoms with Crippen molar-refractivity contribution in [3.8, 4) is 5.75 Å².